The molecule has 0 atom stereocenters. The summed E-state index contributed by atoms with van der Waals surface area (Å²) in [5.41, 5.74) is 2.15. The van der Waals surface area contributed by atoms with Crippen molar-refractivity contribution in [1.29, 1.82) is 0 Å². The Hall–Kier alpha value is -3.35. The van der Waals surface area contributed by atoms with E-state index >= 15 is 0 Å². The summed E-state index contributed by atoms with van der Waals surface area (Å²) in [4.78, 5) is 12.7. The van der Waals surface area contributed by atoms with Crippen LogP contribution in [0.15, 0.2) is 47.0 Å². The summed E-state index contributed by atoms with van der Waals surface area (Å²) in [5, 5.41) is 6.63. The summed E-state index contributed by atoms with van der Waals surface area (Å²) >= 11 is 0. The van der Waals surface area contributed by atoms with E-state index in [-0.39, 0.29) is 18.1 Å². The fraction of sp³-hybridized carbons (Fsp3) is 0.200. The van der Waals surface area contributed by atoms with Gasteiger partial charge in [-0.15, -0.1) is 0 Å². The van der Waals surface area contributed by atoms with Crippen LogP contribution in [-0.2, 0) is 6.61 Å². The number of nitrogens with one attached hydrogen (secondary N) is 1. The maximum Gasteiger partial charge on any atom is 0.278 e. The fourth-order valence-corrected chi connectivity index (χ4v) is 2.53. The van der Waals surface area contributed by atoms with Gasteiger partial charge in [0.1, 0.15) is 29.7 Å². The van der Waals surface area contributed by atoms with Crippen LogP contribution >= 0.6 is 0 Å². The number of carbonyl (C=O) groups is 1. The molecule has 0 aliphatic rings. The molecule has 6 nitrogen and oxygen atoms in total. The van der Waals surface area contributed by atoms with Gasteiger partial charge < -0.3 is 19.3 Å². The maximum absolute atomic E-state index is 13.0. The number of rotatable bonds is 6. The van der Waals surface area contributed by atoms with Crippen LogP contribution in [0.1, 0.15) is 27.4 Å². The van der Waals surface area contributed by atoms with Crippen LogP contribution in [-0.4, -0.2) is 18.2 Å². The first-order valence-electron chi connectivity index (χ1n) is 8.27. The van der Waals surface area contributed by atoms with Crippen molar-refractivity contribution in [2.24, 2.45) is 0 Å². The van der Waals surface area contributed by atoms with Crippen LogP contribution in [0.25, 0.3) is 0 Å². The first-order chi connectivity index (χ1) is 13.0. The first kappa shape index (κ1) is 18.4. The molecule has 0 saturated heterocycles. The molecule has 0 aliphatic carbocycles. The van der Waals surface area contributed by atoms with Crippen LogP contribution in [0, 0.1) is 19.7 Å². The third-order valence-corrected chi connectivity index (χ3v) is 4.00. The first-order valence-corrected chi connectivity index (χ1v) is 8.27. The Morgan fingerprint density at radius 3 is 2.63 bits per heavy atom. The lowest BCUT2D eigenvalue weighted by molar-refractivity contribution is 0.101. The predicted molar refractivity (Wildman–Crippen MR) is 97.7 cm³/mol. The zero-order valence-electron chi connectivity index (χ0n) is 15.2. The van der Waals surface area contributed by atoms with E-state index in [9.17, 15) is 9.18 Å². The molecule has 3 rings (SSSR count). The standard InChI is InChI=1S/C20H19FN2O4/c1-12-4-9-18(25-3)17(10-12)22-20(24)19-16(13(2)27-23-19)11-26-15-7-5-14(21)6-8-15/h4-10H,11H2,1-3H3,(H,22,24). The van der Waals surface area contributed by atoms with Crippen molar-refractivity contribution in [1.82, 2.24) is 5.16 Å². The predicted octanol–water partition coefficient (Wildman–Crippen LogP) is 4.27. The van der Waals surface area contributed by atoms with Gasteiger partial charge in [0.25, 0.3) is 5.91 Å². The summed E-state index contributed by atoms with van der Waals surface area (Å²) in [6.07, 6.45) is 0. The molecule has 1 aromatic heterocycles. The SMILES string of the molecule is COc1ccc(C)cc1NC(=O)c1noc(C)c1COc1ccc(F)cc1. The Labute approximate surface area is 155 Å². The molecule has 0 spiro atoms. The Kier molecular flexibility index (Phi) is 5.40. The lowest BCUT2D eigenvalue weighted by Crippen LogP contribution is -2.16. The van der Waals surface area contributed by atoms with Crippen molar-refractivity contribution in [3.8, 4) is 11.5 Å². The number of nitrogens with zero attached hydrogens (tertiary/aromatic N) is 1. The Bertz CT molecular complexity index is 951. The molecule has 140 valence electrons. The van der Waals surface area contributed by atoms with E-state index in [0.717, 1.165) is 5.56 Å². The maximum atomic E-state index is 13.0. The fourth-order valence-electron chi connectivity index (χ4n) is 2.53. The van der Waals surface area contributed by atoms with E-state index in [1.54, 1.807) is 19.1 Å². The van der Waals surface area contributed by atoms with E-state index in [1.165, 1.54) is 31.4 Å². The Morgan fingerprint density at radius 2 is 1.93 bits per heavy atom. The normalized spacial score (nSPS) is 10.5. The number of hydrogen-bond donors (Lipinski definition) is 1. The highest BCUT2D eigenvalue weighted by Crippen LogP contribution is 2.26. The largest absolute Gasteiger partial charge is 0.495 e. The van der Waals surface area contributed by atoms with Crippen molar-refractivity contribution < 1.29 is 23.2 Å². The smallest absolute Gasteiger partial charge is 0.278 e. The van der Waals surface area contributed by atoms with Gasteiger partial charge in [0, 0.05) is 0 Å². The Morgan fingerprint density at radius 1 is 1.19 bits per heavy atom. The third-order valence-electron chi connectivity index (χ3n) is 4.00. The third kappa shape index (κ3) is 4.25. The summed E-state index contributed by atoms with van der Waals surface area (Å²) in [6, 6.07) is 11.1. The average Bonchev–Trinajstić information content (AvgIpc) is 3.02. The zero-order valence-corrected chi connectivity index (χ0v) is 15.2. The second-order valence-corrected chi connectivity index (χ2v) is 5.97. The lowest BCUT2D eigenvalue weighted by atomic mass is 10.1. The number of amides is 1. The summed E-state index contributed by atoms with van der Waals surface area (Å²) in [5.74, 6) is 0.699. The van der Waals surface area contributed by atoms with E-state index in [2.05, 4.69) is 10.5 Å². The second kappa shape index (κ2) is 7.90. The highest BCUT2D eigenvalue weighted by Gasteiger charge is 2.21. The van der Waals surface area contributed by atoms with Gasteiger partial charge >= 0.3 is 0 Å². The van der Waals surface area contributed by atoms with Crippen molar-refractivity contribution in [3.63, 3.8) is 0 Å². The van der Waals surface area contributed by atoms with Crippen LogP contribution in [0.2, 0.25) is 0 Å². The number of halogens is 1. The molecule has 1 amide bonds. The zero-order chi connectivity index (χ0) is 19.4. The van der Waals surface area contributed by atoms with Gasteiger partial charge in [-0.1, -0.05) is 11.2 Å². The van der Waals surface area contributed by atoms with Gasteiger partial charge in [-0.3, -0.25) is 4.79 Å². The number of aromatic nitrogens is 1. The number of aryl methyl sites for hydroxylation is 2. The number of methoxy groups -OCH3 is 1. The lowest BCUT2D eigenvalue weighted by Gasteiger charge is -2.11. The van der Waals surface area contributed by atoms with Crippen molar-refractivity contribution in [2.45, 2.75) is 20.5 Å². The highest BCUT2D eigenvalue weighted by atomic mass is 19.1. The Balaban J connectivity index is 1.78. The van der Waals surface area contributed by atoms with Crippen LogP contribution in [0.5, 0.6) is 11.5 Å². The highest BCUT2D eigenvalue weighted by molar-refractivity contribution is 6.04. The van der Waals surface area contributed by atoms with E-state index in [0.29, 0.717) is 28.5 Å². The van der Waals surface area contributed by atoms with E-state index < -0.39 is 5.91 Å². The number of ether oxygens (including phenoxy) is 2. The number of hydrogen-bond acceptors (Lipinski definition) is 5. The molecule has 3 aromatic rings. The number of benzene rings is 2. The van der Waals surface area contributed by atoms with Gasteiger partial charge in [0.2, 0.25) is 0 Å². The van der Waals surface area contributed by atoms with Gasteiger partial charge in [-0.25, -0.2) is 4.39 Å². The molecule has 27 heavy (non-hydrogen) atoms. The van der Waals surface area contributed by atoms with Gasteiger partial charge in [0.15, 0.2) is 5.69 Å². The van der Waals surface area contributed by atoms with Crippen molar-refractivity contribution in [2.75, 3.05) is 12.4 Å². The average molecular weight is 370 g/mol. The quantitative estimate of drug-likeness (QED) is 0.701. The van der Waals surface area contributed by atoms with Gasteiger partial charge in [-0.2, -0.15) is 0 Å². The molecule has 0 aliphatic heterocycles. The molecular formula is C20H19FN2O4. The molecule has 2 aromatic carbocycles. The monoisotopic (exact) mass is 370 g/mol. The molecular weight excluding hydrogens is 351 g/mol. The van der Waals surface area contributed by atoms with E-state index in [4.69, 9.17) is 14.0 Å². The molecule has 0 unspecified atom stereocenters. The van der Waals surface area contributed by atoms with Gasteiger partial charge in [0.05, 0.1) is 18.4 Å². The molecule has 0 bridgehead atoms. The summed E-state index contributed by atoms with van der Waals surface area (Å²) < 4.78 is 29.0. The molecule has 0 radical (unpaired) electrons. The second-order valence-electron chi connectivity index (χ2n) is 5.97. The summed E-state index contributed by atoms with van der Waals surface area (Å²) in [6.45, 7) is 3.67. The molecule has 7 heteroatoms. The van der Waals surface area contributed by atoms with Gasteiger partial charge in [-0.05, 0) is 55.8 Å². The van der Waals surface area contributed by atoms with Crippen molar-refractivity contribution >= 4 is 11.6 Å². The minimum Gasteiger partial charge on any atom is -0.495 e. The molecule has 0 saturated carbocycles. The minimum absolute atomic E-state index is 0.0642. The minimum atomic E-state index is -0.437. The van der Waals surface area contributed by atoms with Crippen LogP contribution in [0.3, 0.4) is 0 Å². The van der Waals surface area contributed by atoms with Crippen molar-refractivity contribution in [3.05, 3.63) is 70.9 Å². The number of anilines is 1. The van der Waals surface area contributed by atoms with E-state index in [1.807, 2.05) is 13.0 Å². The topological polar surface area (TPSA) is 73.6 Å². The molecule has 1 heterocycles. The van der Waals surface area contributed by atoms with Crippen LogP contribution < -0.4 is 14.8 Å². The number of carbonyl (C=O) groups excluding carboxylic acids is 1. The van der Waals surface area contributed by atoms with Crippen LogP contribution in [0.4, 0.5) is 10.1 Å². The molecule has 0 fully saturated rings. The molecule has 1 N–H and O–H groups in total. The summed E-state index contributed by atoms with van der Waals surface area (Å²) in [7, 11) is 1.53.